The molecule has 0 unspecified atom stereocenters. The van der Waals surface area contributed by atoms with Crippen LogP contribution in [0.5, 0.6) is 0 Å². The molecule has 5 heteroatoms. The van der Waals surface area contributed by atoms with E-state index in [1.165, 1.54) is 0 Å². The van der Waals surface area contributed by atoms with Gasteiger partial charge in [0.05, 0.1) is 13.2 Å². The Hall–Kier alpha value is -1.78. The fraction of sp³-hybridized carbons (Fsp3) is 0.267. The summed E-state index contributed by atoms with van der Waals surface area (Å²) in [6, 6.07) is 11.2. The van der Waals surface area contributed by atoms with Gasteiger partial charge in [0.1, 0.15) is 11.8 Å². The zero-order valence-corrected chi connectivity index (χ0v) is 11.6. The SMILES string of the molecule is O=C(c1ccc[nH]1)N1CCO[C@H](c2ccc(Cl)cc2)C1. The van der Waals surface area contributed by atoms with Crippen LogP contribution in [0.1, 0.15) is 22.2 Å². The number of H-pyrrole nitrogens is 1. The fourth-order valence-electron chi connectivity index (χ4n) is 2.35. The Labute approximate surface area is 122 Å². The third kappa shape index (κ3) is 2.71. The van der Waals surface area contributed by atoms with Crippen LogP contribution in [0.3, 0.4) is 0 Å². The van der Waals surface area contributed by atoms with Gasteiger partial charge in [-0.15, -0.1) is 0 Å². The van der Waals surface area contributed by atoms with Gasteiger partial charge in [0, 0.05) is 17.8 Å². The highest BCUT2D eigenvalue weighted by atomic mass is 35.5. The van der Waals surface area contributed by atoms with Crippen LogP contribution in [0.25, 0.3) is 0 Å². The molecule has 1 aromatic carbocycles. The van der Waals surface area contributed by atoms with E-state index < -0.39 is 0 Å². The molecular weight excluding hydrogens is 276 g/mol. The van der Waals surface area contributed by atoms with E-state index in [1.807, 2.05) is 35.2 Å². The van der Waals surface area contributed by atoms with Crippen LogP contribution in [0.2, 0.25) is 5.02 Å². The summed E-state index contributed by atoms with van der Waals surface area (Å²) >= 11 is 5.89. The van der Waals surface area contributed by atoms with Crippen LogP contribution in [-0.4, -0.2) is 35.5 Å². The van der Waals surface area contributed by atoms with E-state index in [9.17, 15) is 4.79 Å². The molecular formula is C15H15ClN2O2. The van der Waals surface area contributed by atoms with Gasteiger partial charge in [-0.05, 0) is 29.8 Å². The Morgan fingerprint density at radius 1 is 1.30 bits per heavy atom. The smallest absolute Gasteiger partial charge is 0.270 e. The number of carbonyl (C=O) groups excluding carboxylic acids is 1. The van der Waals surface area contributed by atoms with Crippen LogP contribution >= 0.6 is 11.6 Å². The normalized spacial score (nSPS) is 19.1. The lowest BCUT2D eigenvalue weighted by Gasteiger charge is -2.33. The molecule has 1 N–H and O–H groups in total. The van der Waals surface area contributed by atoms with Gasteiger partial charge >= 0.3 is 0 Å². The number of morpholine rings is 1. The van der Waals surface area contributed by atoms with E-state index in [-0.39, 0.29) is 12.0 Å². The van der Waals surface area contributed by atoms with Gasteiger partial charge in [-0.3, -0.25) is 4.79 Å². The lowest BCUT2D eigenvalue weighted by Crippen LogP contribution is -2.42. The maximum Gasteiger partial charge on any atom is 0.270 e. The van der Waals surface area contributed by atoms with Gasteiger partial charge in [0.25, 0.3) is 5.91 Å². The molecule has 3 rings (SSSR count). The fourth-order valence-corrected chi connectivity index (χ4v) is 2.47. The second-order valence-corrected chi connectivity index (χ2v) is 5.18. The highest BCUT2D eigenvalue weighted by molar-refractivity contribution is 6.30. The molecule has 0 aliphatic carbocycles. The molecule has 1 aliphatic rings. The first-order valence-electron chi connectivity index (χ1n) is 6.54. The number of carbonyl (C=O) groups is 1. The van der Waals surface area contributed by atoms with Crippen LogP contribution in [0, 0.1) is 0 Å². The van der Waals surface area contributed by atoms with Crippen LogP contribution in [0.4, 0.5) is 0 Å². The highest BCUT2D eigenvalue weighted by Gasteiger charge is 2.26. The molecule has 1 fully saturated rings. The van der Waals surface area contributed by atoms with E-state index in [1.54, 1.807) is 12.3 Å². The third-order valence-electron chi connectivity index (χ3n) is 3.42. The zero-order valence-electron chi connectivity index (χ0n) is 10.9. The monoisotopic (exact) mass is 290 g/mol. The van der Waals surface area contributed by atoms with Gasteiger partial charge in [0.15, 0.2) is 0 Å². The van der Waals surface area contributed by atoms with Crippen molar-refractivity contribution in [2.75, 3.05) is 19.7 Å². The minimum absolute atomic E-state index is 0.0114. The second kappa shape index (κ2) is 5.69. The molecule has 1 atom stereocenters. The van der Waals surface area contributed by atoms with Gasteiger partial charge in [-0.2, -0.15) is 0 Å². The highest BCUT2D eigenvalue weighted by Crippen LogP contribution is 2.24. The Balaban J connectivity index is 1.73. The third-order valence-corrected chi connectivity index (χ3v) is 3.68. The van der Waals surface area contributed by atoms with Crippen molar-refractivity contribution in [3.63, 3.8) is 0 Å². The van der Waals surface area contributed by atoms with Crippen molar-refractivity contribution in [3.8, 4) is 0 Å². The number of rotatable bonds is 2. The molecule has 2 aromatic rings. The first kappa shape index (κ1) is 13.2. The van der Waals surface area contributed by atoms with Crippen molar-refractivity contribution < 1.29 is 9.53 Å². The summed E-state index contributed by atoms with van der Waals surface area (Å²) < 4.78 is 5.75. The van der Waals surface area contributed by atoms with Gasteiger partial charge in [0.2, 0.25) is 0 Å². The average molecular weight is 291 g/mol. The molecule has 2 heterocycles. The van der Waals surface area contributed by atoms with E-state index in [0.29, 0.717) is 30.4 Å². The Morgan fingerprint density at radius 2 is 2.10 bits per heavy atom. The zero-order chi connectivity index (χ0) is 13.9. The predicted octanol–water partition coefficient (Wildman–Crippen LogP) is 2.88. The van der Waals surface area contributed by atoms with Crippen molar-refractivity contribution in [3.05, 3.63) is 58.9 Å². The number of aromatic nitrogens is 1. The summed E-state index contributed by atoms with van der Waals surface area (Å²) in [4.78, 5) is 17.1. The van der Waals surface area contributed by atoms with Gasteiger partial charge in [-0.1, -0.05) is 23.7 Å². The number of hydrogen-bond donors (Lipinski definition) is 1. The summed E-state index contributed by atoms with van der Waals surface area (Å²) in [7, 11) is 0. The van der Waals surface area contributed by atoms with Crippen molar-refractivity contribution in [1.29, 1.82) is 0 Å². The van der Waals surface area contributed by atoms with Crippen LogP contribution < -0.4 is 0 Å². The summed E-state index contributed by atoms with van der Waals surface area (Å²) in [6.07, 6.45) is 1.66. The lowest BCUT2D eigenvalue weighted by atomic mass is 10.1. The summed E-state index contributed by atoms with van der Waals surface area (Å²) in [5.41, 5.74) is 1.65. The first-order valence-corrected chi connectivity index (χ1v) is 6.91. The molecule has 0 spiro atoms. The molecule has 20 heavy (non-hydrogen) atoms. The second-order valence-electron chi connectivity index (χ2n) is 4.75. The number of hydrogen-bond acceptors (Lipinski definition) is 2. The number of nitrogens with zero attached hydrogens (tertiary/aromatic N) is 1. The molecule has 0 bridgehead atoms. The molecule has 4 nitrogen and oxygen atoms in total. The van der Waals surface area contributed by atoms with E-state index in [4.69, 9.17) is 16.3 Å². The largest absolute Gasteiger partial charge is 0.370 e. The summed E-state index contributed by atoms with van der Waals surface area (Å²) in [6.45, 7) is 1.71. The molecule has 0 saturated carbocycles. The standard InChI is InChI=1S/C15H15ClN2O2/c16-12-5-3-11(4-6-12)14-10-18(8-9-20-14)15(19)13-2-1-7-17-13/h1-7,14,17H,8-10H2/t14-/m0/s1. The van der Waals surface area contributed by atoms with E-state index >= 15 is 0 Å². The van der Waals surface area contributed by atoms with Gasteiger partial charge < -0.3 is 14.6 Å². The maximum absolute atomic E-state index is 12.3. The summed E-state index contributed by atoms with van der Waals surface area (Å²) in [5.74, 6) is 0.0114. The first-order chi connectivity index (χ1) is 9.74. The maximum atomic E-state index is 12.3. The number of amides is 1. The minimum Gasteiger partial charge on any atom is -0.370 e. The molecule has 1 aliphatic heterocycles. The molecule has 1 amide bonds. The van der Waals surface area contributed by atoms with Gasteiger partial charge in [-0.25, -0.2) is 0 Å². The molecule has 1 saturated heterocycles. The van der Waals surface area contributed by atoms with Crippen LogP contribution in [0.15, 0.2) is 42.6 Å². The predicted molar refractivity (Wildman–Crippen MR) is 76.8 cm³/mol. The minimum atomic E-state index is -0.0973. The summed E-state index contributed by atoms with van der Waals surface area (Å²) in [5, 5.41) is 0.698. The Kier molecular flexibility index (Phi) is 3.76. The molecule has 104 valence electrons. The molecule has 1 aromatic heterocycles. The number of benzene rings is 1. The Morgan fingerprint density at radius 3 is 2.80 bits per heavy atom. The van der Waals surface area contributed by atoms with E-state index in [2.05, 4.69) is 4.98 Å². The van der Waals surface area contributed by atoms with Crippen molar-refractivity contribution in [2.24, 2.45) is 0 Å². The van der Waals surface area contributed by atoms with Crippen molar-refractivity contribution >= 4 is 17.5 Å². The topological polar surface area (TPSA) is 45.3 Å². The number of halogens is 1. The number of ether oxygens (including phenoxy) is 1. The van der Waals surface area contributed by atoms with Crippen molar-refractivity contribution in [2.45, 2.75) is 6.10 Å². The van der Waals surface area contributed by atoms with Crippen LogP contribution in [-0.2, 0) is 4.74 Å². The number of nitrogens with one attached hydrogen (secondary N) is 1. The van der Waals surface area contributed by atoms with Crippen molar-refractivity contribution in [1.82, 2.24) is 9.88 Å². The number of aromatic amines is 1. The quantitative estimate of drug-likeness (QED) is 0.924. The Bertz CT molecular complexity index is 580. The average Bonchev–Trinajstić information content (AvgIpc) is 3.01. The lowest BCUT2D eigenvalue weighted by molar-refractivity contribution is -0.0229. The molecule has 0 radical (unpaired) electrons. The van der Waals surface area contributed by atoms with E-state index in [0.717, 1.165) is 5.56 Å².